The third-order valence-corrected chi connectivity index (χ3v) is 2.96. The summed E-state index contributed by atoms with van der Waals surface area (Å²) < 4.78 is 0. The van der Waals surface area contributed by atoms with Crippen molar-refractivity contribution in [2.24, 2.45) is 0 Å². The maximum Gasteiger partial charge on any atom is 0.326 e. The number of hydrogen-bond donors (Lipinski definition) is 6. The minimum Gasteiger partial charge on any atom is -0.481 e. The van der Waals surface area contributed by atoms with E-state index < -0.39 is 30.1 Å². The van der Waals surface area contributed by atoms with Crippen LogP contribution in [0.5, 0.6) is 0 Å². The largest absolute Gasteiger partial charge is 0.481 e. The molecule has 0 radical (unpaired) electrons. The molecule has 2 unspecified atom stereocenters. The van der Waals surface area contributed by atoms with Gasteiger partial charge in [0.1, 0.15) is 6.04 Å². The normalized spacial score (nSPS) is 12.9. The fraction of sp³-hybridized carbons (Fsp3) is 0.636. The summed E-state index contributed by atoms with van der Waals surface area (Å²) in [5, 5.41) is 24.4. The molecule has 3 amide bonds. The Labute approximate surface area is 126 Å². The molecule has 0 aliphatic rings. The summed E-state index contributed by atoms with van der Waals surface area (Å²) >= 11 is 3.99. The van der Waals surface area contributed by atoms with Crippen LogP contribution in [0.3, 0.4) is 0 Å². The van der Waals surface area contributed by atoms with E-state index in [4.69, 9.17) is 10.2 Å². The minimum atomic E-state index is -1.33. The van der Waals surface area contributed by atoms with E-state index in [-0.39, 0.29) is 30.9 Å². The summed E-state index contributed by atoms with van der Waals surface area (Å²) in [6, 6.07) is -2.68. The number of rotatable bonds is 9. The van der Waals surface area contributed by atoms with Crippen LogP contribution in [0.4, 0.5) is 4.79 Å². The van der Waals surface area contributed by atoms with Crippen LogP contribution in [0.2, 0.25) is 0 Å². The molecule has 0 saturated carbocycles. The molecule has 2 atom stereocenters. The van der Waals surface area contributed by atoms with Gasteiger partial charge in [0.2, 0.25) is 5.91 Å². The van der Waals surface area contributed by atoms with E-state index in [2.05, 4.69) is 28.6 Å². The first-order chi connectivity index (χ1) is 9.79. The molecule has 0 saturated heterocycles. The third kappa shape index (κ3) is 8.74. The Hall–Kier alpha value is -1.97. The lowest BCUT2D eigenvalue weighted by molar-refractivity contribution is -0.140. The smallest absolute Gasteiger partial charge is 0.326 e. The van der Waals surface area contributed by atoms with Gasteiger partial charge in [0.15, 0.2) is 0 Å². The molecule has 0 heterocycles. The zero-order valence-corrected chi connectivity index (χ0v) is 12.4. The second-order valence-corrected chi connectivity index (χ2v) is 4.56. The highest BCUT2D eigenvalue weighted by Crippen LogP contribution is 1.99. The molecule has 0 aliphatic heterocycles. The van der Waals surface area contributed by atoms with Gasteiger partial charge in [0.25, 0.3) is 0 Å². The van der Waals surface area contributed by atoms with Gasteiger partial charge in [-0.25, -0.2) is 9.59 Å². The fourth-order valence-corrected chi connectivity index (χ4v) is 1.62. The summed E-state index contributed by atoms with van der Waals surface area (Å²) in [5.41, 5.74) is 0. The molecule has 0 aliphatic carbocycles. The zero-order chi connectivity index (χ0) is 16.4. The van der Waals surface area contributed by atoms with Crippen LogP contribution in [0.25, 0.3) is 0 Å². The molecule has 120 valence electrons. The number of thiol groups is 1. The van der Waals surface area contributed by atoms with Crippen molar-refractivity contribution in [3.05, 3.63) is 0 Å². The molecule has 0 rings (SSSR count). The lowest BCUT2D eigenvalue weighted by Gasteiger charge is -2.19. The quantitative estimate of drug-likeness (QED) is 0.302. The zero-order valence-electron chi connectivity index (χ0n) is 11.5. The predicted molar refractivity (Wildman–Crippen MR) is 76.3 cm³/mol. The fourth-order valence-electron chi connectivity index (χ4n) is 1.40. The van der Waals surface area contributed by atoms with E-state index in [9.17, 15) is 19.2 Å². The Morgan fingerprint density at radius 2 is 1.76 bits per heavy atom. The van der Waals surface area contributed by atoms with Gasteiger partial charge in [-0.1, -0.05) is 0 Å². The highest BCUT2D eigenvalue weighted by Gasteiger charge is 2.22. The molecule has 10 heteroatoms. The Kier molecular flexibility index (Phi) is 8.93. The minimum absolute atomic E-state index is 0.000282. The number of nitrogens with one attached hydrogen (secondary N) is 3. The monoisotopic (exact) mass is 321 g/mol. The number of carbonyl (C=O) groups is 4. The molecule has 0 spiro atoms. The highest BCUT2D eigenvalue weighted by atomic mass is 32.1. The van der Waals surface area contributed by atoms with Crippen molar-refractivity contribution in [2.45, 2.75) is 31.3 Å². The third-order valence-electron chi connectivity index (χ3n) is 2.52. The summed E-state index contributed by atoms with van der Waals surface area (Å²) in [6.45, 7) is 0. The standard InChI is InChI=1S/C11H19N3O6S/c1-12-8(15)4-6(5-21)13-11(20)14-7(10(18)19)2-3-9(16)17/h6-7,21H,2-5H2,1H3,(H,12,15)(H,16,17)(H,18,19)(H2,13,14,20). The van der Waals surface area contributed by atoms with Gasteiger partial charge in [0.05, 0.1) is 0 Å². The molecule has 9 nitrogen and oxygen atoms in total. The lowest BCUT2D eigenvalue weighted by atomic mass is 10.1. The van der Waals surface area contributed by atoms with Gasteiger partial charge in [-0.2, -0.15) is 12.6 Å². The summed E-state index contributed by atoms with van der Waals surface area (Å²) in [4.78, 5) is 44.2. The molecule has 0 aromatic rings. The Bertz CT molecular complexity index is 403. The van der Waals surface area contributed by atoms with Crippen LogP contribution in [0, 0.1) is 0 Å². The second-order valence-electron chi connectivity index (χ2n) is 4.20. The van der Waals surface area contributed by atoms with Gasteiger partial charge >= 0.3 is 18.0 Å². The molecule has 0 bridgehead atoms. The molecule has 21 heavy (non-hydrogen) atoms. The van der Waals surface area contributed by atoms with Gasteiger partial charge in [0, 0.05) is 31.7 Å². The first kappa shape index (κ1) is 19.0. The maximum absolute atomic E-state index is 11.6. The summed E-state index contributed by atoms with van der Waals surface area (Å²) in [5.74, 6) is -2.60. The molecular formula is C11H19N3O6S. The Morgan fingerprint density at radius 3 is 2.19 bits per heavy atom. The van der Waals surface area contributed by atoms with E-state index >= 15 is 0 Å². The molecule has 5 N–H and O–H groups in total. The number of amides is 3. The molecule has 0 aromatic heterocycles. The van der Waals surface area contributed by atoms with E-state index in [1.807, 2.05) is 0 Å². The van der Waals surface area contributed by atoms with Gasteiger partial charge in [-0.05, 0) is 6.42 Å². The van der Waals surface area contributed by atoms with E-state index in [0.29, 0.717) is 0 Å². The molecular weight excluding hydrogens is 302 g/mol. The topological polar surface area (TPSA) is 145 Å². The first-order valence-electron chi connectivity index (χ1n) is 6.13. The highest BCUT2D eigenvalue weighted by molar-refractivity contribution is 7.80. The summed E-state index contributed by atoms with van der Waals surface area (Å²) in [6.07, 6.45) is -0.620. The lowest BCUT2D eigenvalue weighted by Crippen LogP contribution is -2.50. The van der Waals surface area contributed by atoms with E-state index in [1.54, 1.807) is 0 Å². The van der Waals surface area contributed by atoms with Crippen molar-refractivity contribution in [1.82, 2.24) is 16.0 Å². The van der Waals surface area contributed by atoms with Crippen LogP contribution in [0.15, 0.2) is 0 Å². The van der Waals surface area contributed by atoms with Crippen LogP contribution < -0.4 is 16.0 Å². The van der Waals surface area contributed by atoms with Crippen LogP contribution in [-0.2, 0) is 14.4 Å². The van der Waals surface area contributed by atoms with Crippen molar-refractivity contribution in [1.29, 1.82) is 0 Å². The average molecular weight is 321 g/mol. The van der Waals surface area contributed by atoms with Crippen molar-refractivity contribution < 1.29 is 29.4 Å². The van der Waals surface area contributed by atoms with Gasteiger partial charge in [-0.15, -0.1) is 0 Å². The van der Waals surface area contributed by atoms with Crippen LogP contribution in [0.1, 0.15) is 19.3 Å². The van der Waals surface area contributed by atoms with Crippen LogP contribution in [-0.4, -0.2) is 59.0 Å². The van der Waals surface area contributed by atoms with Crippen molar-refractivity contribution >= 4 is 36.5 Å². The average Bonchev–Trinajstić information content (AvgIpc) is 2.41. The SMILES string of the molecule is CNC(=O)CC(CS)NC(=O)NC(CCC(=O)O)C(=O)O. The number of aliphatic carboxylic acids is 2. The molecule has 0 aromatic carbocycles. The van der Waals surface area contributed by atoms with Gasteiger partial charge < -0.3 is 26.2 Å². The predicted octanol–water partition coefficient (Wildman–Crippen LogP) is -0.962. The number of hydrogen-bond acceptors (Lipinski definition) is 5. The van der Waals surface area contributed by atoms with Crippen LogP contribution >= 0.6 is 12.6 Å². The first-order valence-corrected chi connectivity index (χ1v) is 6.76. The number of urea groups is 1. The number of carboxylic acids is 2. The van der Waals surface area contributed by atoms with E-state index in [1.165, 1.54) is 7.05 Å². The van der Waals surface area contributed by atoms with Crippen molar-refractivity contribution in [2.75, 3.05) is 12.8 Å². The maximum atomic E-state index is 11.6. The summed E-state index contributed by atoms with van der Waals surface area (Å²) in [7, 11) is 1.45. The van der Waals surface area contributed by atoms with Gasteiger partial charge in [-0.3, -0.25) is 9.59 Å². The Morgan fingerprint density at radius 1 is 1.14 bits per heavy atom. The van der Waals surface area contributed by atoms with E-state index in [0.717, 1.165) is 0 Å². The number of carbonyl (C=O) groups excluding carboxylic acids is 2. The van der Waals surface area contributed by atoms with Crippen molar-refractivity contribution in [3.63, 3.8) is 0 Å². The van der Waals surface area contributed by atoms with Crippen molar-refractivity contribution in [3.8, 4) is 0 Å². The Balaban J connectivity index is 4.43. The second kappa shape index (κ2) is 9.86. The number of carboxylic acid groups (broad SMARTS) is 2. The molecule has 0 fully saturated rings.